The third-order valence-corrected chi connectivity index (χ3v) is 8.92. The zero-order valence-electron chi connectivity index (χ0n) is 19.8. The molecule has 0 radical (unpaired) electrons. The van der Waals surface area contributed by atoms with E-state index in [1.807, 2.05) is 34.6 Å². The van der Waals surface area contributed by atoms with Crippen LogP contribution in [0.5, 0.6) is 0 Å². The summed E-state index contributed by atoms with van der Waals surface area (Å²) in [5.74, 6) is 0.636. The number of amides is 1. The van der Waals surface area contributed by atoms with Crippen LogP contribution in [0.3, 0.4) is 0 Å². The van der Waals surface area contributed by atoms with Crippen LogP contribution in [0.4, 0.5) is 0 Å². The van der Waals surface area contributed by atoms with E-state index >= 15 is 0 Å². The van der Waals surface area contributed by atoms with Gasteiger partial charge in [-0.1, -0.05) is 0 Å². The molecule has 10 nitrogen and oxygen atoms in total. The van der Waals surface area contributed by atoms with Crippen molar-refractivity contribution in [2.24, 2.45) is 15.6 Å². The number of dihydropyridines is 1. The Morgan fingerprint density at radius 1 is 1.15 bits per heavy atom. The fourth-order valence-corrected chi connectivity index (χ4v) is 6.77. The first-order chi connectivity index (χ1) is 15.3. The number of sulfonamides is 1. The number of carbonyl (C=O) groups is 1. The van der Waals surface area contributed by atoms with Crippen LogP contribution in [0.25, 0.3) is 0 Å². The van der Waals surface area contributed by atoms with Crippen LogP contribution < -0.4 is 10.6 Å². The molecule has 0 saturated carbocycles. The van der Waals surface area contributed by atoms with Gasteiger partial charge in [0.1, 0.15) is 4.90 Å². The number of nitrogens with zero attached hydrogens (tertiary/aromatic N) is 5. The van der Waals surface area contributed by atoms with E-state index < -0.39 is 15.4 Å². The molecule has 5 heterocycles. The van der Waals surface area contributed by atoms with Crippen LogP contribution in [0.15, 0.2) is 50.2 Å². The second-order valence-electron chi connectivity index (χ2n) is 11.0. The maximum absolute atomic E-state index is 13.4. The lowest BCUT2D eigenvalue weighted by Crippen LogP contribution is -2.56. The highest BCUT2D eigenvalue weighted by Gasteiger charge is 2.53. The van der Waals surface area contributed by atoms with Crippen LogP contribution in [0, 0.1) is 5.41 Å². The third kappa shape index (κ3) is 3.43. The Kier molecular flexibility index (Phi) is 4.72. The van der Waals surface area contributed by atoms with E-state index in [-0.39, 0.29) is 21.9 Å². The SMILES string of the molecule is CC1(C)CC2=C(C(=O)N1)C1(CCN(S(=O)(=O)c3cnn(C(C)(C)C)c3)CC1)C1=C(N=NC1)N2. The maximum Gasteiger partial charge on any atom is 0.250 e. The molecule has 5 rings (SSSR count). The molecule has 1 spiro atoms. The summed E-state index contributed by atoms with van der Waals surface area (Å²) in [7, 11) is -3.69. The Hall–Kier alpha value is -2.53. The number of hydrogen-bond acceptors (Lipinski definition) is 7. The first-order valence-electron chi connectivity index (χ1n) is 11.3. The van der Waals surface area contributed by atoms with Gasteiger partial charge in [0.15, 0.2) is 5.82 Å². The second-order valence-corrected chi connectivity index (χ2v) is 12.9. The highest BCUT2D eigenvalue weighted by molar-refractivity contribution is 7.89. The molecule has 0 aromatic carbocycles. The summed E-state index contributed by atoms with van der Waals surface area (Å²) >= 11 is 0. The Balaban J connectivity index is 1.46. The summed E-state index contributed by atoms with van der Waals surface area (Å²) in [5.41, 5.74) is 1.37. The van der Waals surface area contributed by atoms with Crippen molar-refractivity contribution in [1.29, 1.82) is 0 Å². The van der Waals surface area contributed by atoms with Crippen molar-refractivity contribution in [1.82, 2.24) is 24.7 Å². The Morgan fingerprint density at radius 3 is 2.48 bits per heavy atom. The predicted octanol–water partition coefficient (Wildman–Crippen LogP) is 2.24. The van der Waals surface area contributed by atoms with E-state index in [2.05, 4.69) is 26.0 Å². The molecule has 4 aliphatic heterocycles. The van der Waals surface area contributed by atoms with E-state index in [1.165, 1.54) is 10.5 Å². The molecule has 33 heavy (non-hydrogen) atoms. The maximum atomic E-state index is 13.4. The number of piperidine rings is 1. The van der Waals surface area contributed by atoms with Crippen LogP contribution in [0.1, 0.15) is 53.9 Å². The Labute approximate surface area is 194 Å². The molecule has 2 N–H and O–H groups in total. The molecule has 1 aromatic rings. The van der Waals surface area contributed by atoms with Crippen LogP contribution in [-0.2, 0) is 20.4 Å². The van der Waals surface area contributed by atoms with Crippen LogP contribution in [0.2, 0.25) is 0 Å². The van der Waals surface area contributed by atoms with Gasteiger partial charge < -0.3 is 10.6 Å². The van der Waals surface area contributed by atoms with E-state index in [1.54, 1.807) is 10.9 Å². The molecule has 0 aliphatic carbocycles. The highest BCUT2D eigenvalue weighted by atomic mass is 32.2. The largest absolute Gasteiger partial charge is 0.347 e. The van der Waals surface area contributed by atoms with Crippen molar-refractivity contribution in [3.63, 3.8) is 0 Å². The number of azo groups is 1. The number of aromatic nitrogens is 2. The fourth-order valence-electron chi connectivity index (χ4n) is 5.39. The first kappa shape index (κ1) is 22.3. The summed E-state index contributed by atoms with van der Waals surface area (Å²) in [6, 6.07) is 0. The van der Waals surface area contributed by atoms with Crippen LogP contribution >= 0.6 is 0 Å². The smallest absolute Gasteiger partial charge is 0.250 e. The minimum absolute atomic E-state index is 0.0880. The van der Waals surface area contributed by atoms with Gasteiger partial charge in [-0.3, -0.25) is 9.48 Å². The predicted molar refractivity (Wildman–Crippen MR) is 121 cm³/mol. The van der Waals surface area contributed by atoms with E-state index in [0.29, 0.717) is 38.9 Å². The summed E-state index contributed by atoms with van der Waals surface area (Å²) < 4.78 is 29.9. The van der Waals surface area contributed by atoms with Crippen molar-refractivity contribution in [2.75, 3.05) is 19.6 Å². The number of hydrogen-bond donors (Lipinski definition) is 2. The summed E-state index contributed by atoms with van der Waals surface area (Å²) in [6.45, 7) is 11.0. The lowest BCUT2D eigenvalue weighted by Gasteiger charge is -2.49. The van der Waals surface area contributed by atoms with Gasteiger partial charge in [0, 0.05) is 53.5 Å². The van der Waals surface area contributed by atoms with E-state index in [4.69, 9.17) is 0 Å². The molecule has 4 aliphatic rings. The van der Waals surface area contributed by atoms with Gasteiger partial charge in [-0.15, -0.1) is 5.11 Å². The summed E-state index contributed by atoms with van der Waals surface area (Å²) in [4.78, 5) is 13.5. The molecule has 11 heteroatoms. The second kappa shape index (κ2) is 6.99. The number of rotatable bonds is 2. The molecular formula is C22H31N7O3S. The minimum Gasteiger partial charge on any atom is -0.347 e. The van der Waals surface area contributed by atoms with Gasteiger partial charge in [-0.25, -0.2) is 8.42 Å². The van der Waals surface area contributed by atoms with Crippen molar-refractivity contribution in [2.45, 2.75) is 69.9 Å². The first-order valence-corrected chi connectivity index (χ1v) is 12.8. The van der Waals surface area contributed by atoms with Crippen molar-refractivity contribution in [3.05, 3.63) is 35.1 Å². The van der Waals surface area contributed by atoms with Gasteiger partial charge in [0.05, 0.1) is 18.3 Å². The molecule has 1 saturated heterocycles. The van der Waals surface area contributed by atoms with Crippen LogP contribution in [-0.4, -0.2) is 53.6 Å². The molecular weight excluding hydrogens is 442 g/mol. The molecule has 1 fully saturated rings. The number of fused-ring (bicyclic) bond motifs is 2. The zero-order valence-corrected chi connectivity index (χ0v) is 20.6. The molecule has 1 aromatic heterocycles. The Bertz CT molecular complexity index is 1220. The monoisotopic (exact) mass is 473 g/mol. The number of nitrogens with one attached hydrogen (secondary N) is 2. The average Bonchev–Trinajstić information content (AvgIpc) is 3.37. The Morgan fingerprint density at radius 2 is 1.85 bits per heavy atom. The van der Waals surface area contributed by atoms with Crippen molar-refractivity contribution >= 4 is 15.9 Å². The van der Waals surface area contributed by atoms with E-state index in [9.17, 15) is 13.2 Å². The van der Waals surface area contributed by atoms with Crippen molar-refractivity contribution in [3.8, 4) is 0 Å². The van der Waals surface area contributed by atoms with Gasteiger partial charge in [0.2, 0.25) is 15.9 Å². The van der Waals surface area contributed by atoms with Gasteiger partial charge in [-0.05, 0) is 47.5 Å². The normalized spacial score (nSPS) is 24.6. The van der Waals surface area contributed by atoms with Gasteiger partial charge in [0.25, 0.3) is 0 Å². The van der Waals surface area contributed by atoms with Gasteiger partial charge >= 0.3 is 0 Å². The molecule has 0 atom stereocenters. The minimum atomic E-state index is -3.69. The molecule has 0 unspecified atom stereocenters. The molecule has 178 valence electrons. The fraction of sp³-hybridized carbons (Fsp3) is 0.636. The quantitative estimate of drug-likeness (QED) is 0.682. The molecule has 1 amide bonds. The summed E-state index contributed by atoms with van der Waals surface area (Å²) in [5, 5.41) is 19.3. The third-order valence-electron chi connectivity index (χ3n) is 7.07. The van der Waals surface area contributed by atoms with E-state index in [0.717, 1.165) is 22.7 Å². The summed E-state index contributed by atoms with van der Waals surface area (Å²) in [6.07, 6.45) is 4.70. The molecule has 0 bridgehead atoms. The van der Waals surface area contributed by atoms with Gasteiger partial charge in [-0.2, -0.15) is 14.5 Å². The number of carbonyl (C=O) groups excluding carboxylic acids is 1. The lowest BCUT2D eigenvalue weighted by atomic mass is 9.63. The standard InChI is InChI=1S/C22H31N7O3S/c1-20(2,3)29-13-14(11-24-29)33(31,32)28-8-6-22(7-9-28)15-12-23-27-18(15)25-16-10-21(4,5)26-19(30)17(16)22/h11,13,25H,6-10,12H2,1-5H3,(H,26,30). The lowest BCUT2D eigenvalue weighted by molar-refractivity contribution is -0.121. The highest BCUT2D eigenvalue weighted by Crippen LogP contribution is 2.53. The topological polar surface area (TPSA) is 121 Å². The van der Waals surface area contributed by atoms with Crippen molar-refractivity contribution < 1.29 is 13.2 Å². The average molecular weight is 474 g/mol. The zero-order chi connectivity index (χ0) is 23.8.